The first kappa shape index (κ1) is 28.2. The van der Waals surface area contributed by atoms with Gasteiger partial charge in [-0.2, -0.15) is 0 Å². The minimum absolute atomic E-state index is 0.123. The van der Waals surface area contributed by atoms with Gasteiger partial charge in [-0.05, 0) is 48.8 Å². The zero-order chi connectivity index (χ0) is 26.3. The van der Waals surface area contributed by atoms with Crippen molar-refractivity contribution in [3.05, 3.63) is 41.5 Å². The van der Waals surface area contributed by atoms with Gasteiger partial charge in [-0.3, -0.25) is 14.5 Å². The molecule has 0 bridgehead atoms. The molecule has 2 aliphatic rings. The summed E-state index contributed by atoms with van der Waals surface area (Å²) in [6, 6.07) is 5.93. The van der Waals surface area contributed by atoms with Gasteiger partial charge in [-0.15, -0.1) is 0 Å². The number of nitrogens with zero attached hydrogens (tertiary/aromatic N) is 2. The molecule has 0 saturated carbocycles. The molecule has 1 amide bonds. The zero-order valence-electron chi connectivity index (χ0n) is 23.0. The Morgan fingerprint density at radius 3 is 2.50 bits per heavy atom. The van der Waals surface area contributed by atoms with Crippen LogP contribution in [-0.4, -0.2) is 65.6 Å². The monoisotopic (exact) mass is 498 g/mol. The summed E-state index contributed by atoms with van der Waals surface area (Å²) < 4.78 is 5.68. The molecule has 0 unspecified atom stereocenters. The molecule has 1 aromatic rings. The number of aliphatic carboxylic acids is 1. The van der Waals surface area contributed by atoms with Crippen molar-refractivity contribution < 1.29 is 19.4 Å². The third kappa shape index (κ3) is 6.90. The van der Waals surface area contributed by atoms with Crippen LogP contribution in [0.15, 0.2) is 30.4 Å². The minimum Gasteiger partial charge on any atom is -0.493 e. The fourth-order valence-corrected chi connectivity index (χ4v) is 5.91. The first-order chi connectivity index (χ1) is 17.2. The van der Waals surface area contributed by atoms with Gasteiger partial charge >= 0.3 is 5.97 Å². The predicted molar refractivity (Wildman–Crippen MR) is 144 cm³/mol. The first-order valence-corrected chi connectivity index (χ1v) is 13.8. The van der Waals surface area contributed by atoms with Crippen LogP contribution in [0.5, 0.6) is 5.75 Å². The Balaban J connectivity index is 1.91. The average Bonchev–Trinajstić information content (AvgIpc) is 3.43. The molecule has 2 aliphatic heterocycles. The molecule has 36 heavy (non-hydrogen) atoms. The summed E-state index contributed by atoms with van der Waals surface area (Å²) >= 11 is 0. The number of hydrogen-bond donors (Lipinski definition) is 1. The molecule has 1 aromatic carbocycles. The lowest BCUT2D eigenvalue weighted by molar-refractivity contribution is -0.144. The second-order valence-electron chi connectivity index (χ2n) is 11.2. The van der Waals surface area contributed by atoms with Crippen molar-refractivity contribution in [1.82, 2.24) is 9.80 Å². The van der Waals surface area contributed by atoms with Crippen LogP contribution in [0.4, 0.5) is 0 Å². The highest BCUT2D eigenvalue weighted by Crippen LogP contribution is 2.43. The fraction of sp³-hybridized carbons (Fsp3) is 0.667. The highest BCUT2D eigenvalue weighted by Gasteiger charge is 2.48. The number of carboxylic acid groups (broad SMARTS) is 1. The predicted octanol–water partition coefficient (Wildman–Crippen LogP) is 5.51. The molecular weight excluding hydrogens is 452 g/mol. The van der Waals surface area contributed by atoms with E-state index in [1.54, 1.807) is 0 Å². The van der Waals surface area contributed by atoms with Gasteiger partial charge in [-0.1, -0.05) is 64.8 Å². The van der Waals surface area contributed by atoms with E-state index in [2.05, 4.69) is 44.7 Å². The summed E-state index contributed by atoms with van der Waals surface area (Å²) in [6.45, 7) is 13.7. The number of fused-ring (bicyclic) bond motifs is 1. The number of likely N-dealkylation sites (tertiary alicyclic amines) is 1. The zero-order valence-corrected chi connectivity index (χ0v) is 23.0. The molecule has 3 atom stereocenters. The molecule has 0 aromatic heterocycles. The molecule has 0 radical (unpaired) electrons. The maximum atomic E-state index is 13.5. The summed E-state index contributed by atoms with van der Waals surface area (Å²) in [6.07, 6.45) is 9.81. The van der Waals surface area contributed by atoms with Crippen LogP contribution in [0.1, 0.15) is 83.8 Å². The topological polar surface area (TPSA) is 70.1 Å². The molecule has 0 spiro atoms. The lowest BCUT2D eigenvalue weighted by Crippen LogP contribution is -2.45. The van der Waals surface area contributed by atoms with Crippen molar-refractivity contribution in [3.8, 4) is 5.75 Å². The van der Waals surface area contributed by atoms with E-state index < -0.39 is 11.9 Å². The summed E-state index contributed by atoms with van der Waals surface area (Å²) in [5, 5.41) is 10.5. The van der Waals surface area contributed by atoms with E-state index in [1.807, 2.05) is 30.0 Å². The highest BCUT2D eigenvalue weighted by molar-refractivity contribution is 5.79. The van der Waals surface area contributed by atoms with Crippen molar-refractivity contribution in [2.75, 3.05) is 32.8 Å². The van der Waals surface area contributed by atoms with Gasteiger partial charge in [0.15, 0.2) is 0 Å². The molecule has 6 heteroatoms. The third-order valence-corrected chi connectivity index (χ3v) is 7.78. The fourth-order valence-electron chi connectivity index (χ4n) is 5.91. The molecule has 200 valence electrons. The molecule has 3 rings (SSSR count). The van der Waals surface area contributed by atoms with Crippen molar-refractivity contribution in [3.63, 3.8) is 0 Å². The van der Waals surface area contributed by atoms with Gasteiger partial charge in [0.2, 0.25) is 5.91 Å². The smallest absolute Gasteiger partial charge is 0.308 e. The normalized spacial score (nSPS) is 22.1. The van der Waals surface area contributed by atoms with Crippen LogP contribution in [0.25, 0.3) is 0 Å². The standard InChI is InChI=1S/C30H46N2O4/c1-6-9-15-31(16-10-7-2)27(33)21-32-20-24(22-11-12-26-23(18-22)13-17-36-26)28(29(34)35)25(32)19-30(4,5)14-8-3/h8,11-12,14,18,24-25,28H,6-7,9-10,13,15-17,19-21H2,1-5H3,(H,34,35)/t24-,25+,28-/m1/s1. The van der Waals surface area contributed by atoms with Gasteiger partial charge in [0.1, 0.15) is 5.75 Å². The largest absolute Gasteiger partial charge is 0.493 e. The Morgan fingerprint density at radius 1 is 1.19 bits per heavy atom. The number of carbonyl (C=O) groups is 2. The number of amides is 1. The Labute approximate surface area is 217 Å². The van der Waals surface area contributed by atoms with E-state index in [9.17, 15) is 14.7 Å². The number of carbonyl (C=O) groups excluding carboxylic acids is 1. The van der Waals surface area contributed by atoms with Gasteiger partial charge in [-0.25, -0.2) is 0 Å². The number of unbranched alkanes of at least 4 members (excludes halogenated alkanes) is 2. The first-order valence-electron chi connectivity index (χ1n) is 13.8. The Morgan fingerprint density at radius 2 is 1.89 bits per heavy atom. The SMILES string of the molecule is CC=CC(C)(C)C[C@H]1[C@H](C(=O)O)[C@@H](c2ccc3c(c2)CCO3)CN1CC(=O)N(CCCC)CCCC. The summed E-state index contributed by atoms with van der Waals surface area (Å²) in [4.78, 5) is 30.5. The van der Waals surface area contributed by atoms with Gasteiger partial charge in [0.05, 0.1) is 19.1 Å². The summed E-state index contributed by atoms with van der Waals surface area (Å²) in [7, 11) is 0. The number of hydrogen-bond acceptors (Lipinski definition) is 4. The Kier molecular flexibility index (Phi) is 10.0. The van der Waals surface area contributed by atoms with Crippen LogP contribution >= 0.6 is 0 Å². The maximum Gasteiger partial charge on any atom is 0.308 e. The highest BCUT2D eigenvalue weighted by atomic mass is 16.5. The number of rotatable bonds is 13. The quantitative estimate of drug-likeness (QED) is 0.363. The van der Waals surface area contributed by atoms with E-state index in [-0.39, 0.29) is 29.8 Å². The Bertz CT molecular complexity index is 918. The van der Waals surface area contributed by atoms with Gasteiger partial charge in [0.25, 0.3) is 0 Å². The van der Waals surface area contributed by atoms with Gasteiger partial charge < -0.3 is 14.7 Å². The molecule has 0 aliphatic carbocycles. The number of carboxylic acids is 1. The molecule has 1 N–H and O–H groups in total. The van der Waals surface area contributed by atoms with Crippen molar-refractivity contribution in [1.29, 1.82) is 0 Å². The maximum absolute atomic E-state index is 13.5. The summed E-state index contributed by atoms with van der Waals surface area (Å²) in [5.41, 5.74) is 2.03. The van der Waals surface area contributed by atoms with Crippen LogP contribution < -0.4 is 4.74 Å². The second kappa shape index (κ2) is 12.8. The lowest BCUT2D eigenvalue weighted by Gasteiger charge is -2.34. The molecular formula is C30H46N2O4. The van der Waals surface area contributed by atoms with E-state index in [0.29, 0.717) is 19.6 Å². The average molecular weight is 499 g/mol. The van der Waals surface area contributed by atoms with Crippen LogP contribution in [0.2, 0.25) is 0 Å². The molecule has 1 saturated heterocycles. The Hall–Kier alpha value is -2.34. The van der Waals surface area contributed by atoms with Crippen molar-refractivity contribution in [2.24, 2.45) is 11.3 Å². The van der Waals surface area contributed by atoms with E-state index in [4.69, 9.17) is 4.74 Å². The molecule has 1 fully saturated rings. The van der Waals surface area contributed by atoms with E-state index in [1.165, 1.54) is 0 Å². The number of allylic oxidation sites excluding steroid dienone is 2. The number of ether oxygens (including phenoxy) is 1. The second-order valence-corrected chi connectivity index (χ2v) is 11.2. The lowest BCUT2D eigenvalue weighted by atomic mass is 9.77. The van der Waals surface area contributed by atoms with Crippen LogP contribution in [0, 0.1) is 11.3 Å². The van der Waals surface area contributed by atoms with Gasteiger partial charge in [0, 0.05) is 38.0 Å². The summed E-state index contributed by atoms with van der Waals surface area (Å²) in [5.74, 6) is -0.474. The molecule has 6 nitrogen and oxygen atoms in total. The number of benzene rings is 1. The van der Waals surface area contributed by atoms with Crippen molar-refractivity contribution in [2.45, 2.75) is 85.1 Å². The minimum atomic E-state index is -0.776. The van der Waals surface area contributed by atoms with E-state index >= 15 is 0 Å². The van der Waals surface area contributed by atoms with Crippen molar-refractivity contribution >= 4 is 11.9 Å². The molecule has 2 heterocycles. The third-order valence-electron chi connectivity index (χ3n) is 7.78. The van der Waals surface area contributed by atoms with Crippen LogP contribution in [0.3, 0.4) is 0 Å². The van der Waals surface area contributed by atoms with E-state index in [0.717, 1.165) is 62.1 Å². The van der Waals surface area contributed by atoms with Crippen LogP contribution in [-0.2, 0) is 16.0 Å².